The van der Waals surface area contributed by atoms with Gasteiger partial charge in [-0.05, 0) is 44.9 Å². The van der Waals surface area contributed by atoms with Gasteiger partial charge in [-0.15, -0.1) is 0 Å². The van der Waals surface area contributed by atoms with Crippen molar-refractivity contribution >= 4 is 17.9 Å². The van der Waals surface area contributed by atoms with E-state index in [-0.39, 0.29) is 11.6 Å². The fourth-order valence-electron chi connectivity index (χ4n) is 2.86. The number of hydrogen-bond donors (Lipinski definition) is 2. The molecule has 1 aliphatic carbocycles. The Labute approximate surface area is 158 Å². The summed E-state index contributed by atoms with van der Waals surface area (Å²) >= 11 is 0. The molecule has 8 heteroatoms. The number of urea groups is 1. The highest BCUT2D eigenvalue weighted by Crippen LogP contribution is 2.28. The van der Waals surface area contributed by atoms with E-state index in [1.165, 1.54) is 26.2 Å². The van der Waals surface area contributed by atoms with Crippen molar-refractivity contribution in [1.29, 1.82) is 0 Å². The summed E-state index contributed by atoms with van der Waals surface area (Å²) in [7, 11) is 1.50. The Morgan fingerprint density at radius 2 is 1.89 bits per heavy atom. The number of rotatable bonds is 7. The van der Waals surface area contributed by atoms with Gasteiger partial charge in [0.2, 0.25) is 0 Å². The molecular weight excluding hydrogens is 352 g/mol. The van der Waals surface area contributed by atoms with Gasteiger partial charge in [-0.3, -0.25) is 10.1 Å². The molecule has 3 amide bonds. The molecule has 0 bridgehead atoms. The van der Waals surface area contributed by atoms with E-state index in [4.69, 9.17) is 14.2 Å². The Kier molecular flexibility index (Phi) is 7.45. The Hall–Kier alpha value is -2.77. The van der Waals surface area contributed by atoms with Crippen molar-refractivity contribution in [3.05, 3.63) is 23.8 Å². The number of amides is 3. The van der Waals surface area contributed by atoms with Gasteiger partial charge in [-0.2, -0.15) is 0 Å². The van der Waals surface area contributed by atoms with Crippen molar-refractivity contribution in [2.75, 3.05) is 13.7 Å². The van der Waals surface area contributed by atoms with E-state index < -0.39 is 24.0 Å². The van der Waals surface area contributed by atoms with Crippen molar-refractivity contribution in [1.82, 2.24) is 10.6 Å². The van der Waals surface area contributed by atoms with Crippen LogP contribution < -0.4 is 20.1 Å². The van der Waals surface area contributed by atoms with E-state index in [2.05, 4.69) is 10.6 Å². The fraction of sp³-hybridized carbons (Fsp3) is 0.526. The predicted molar refractivity (Wildman–Crippen MR) is 98.0 cm³/mol. The third-order valence-corrected chi connectivity index (χ3v) is 4.28. The van der Waals surface area contributed by atoms with Crippen LogP contribution in [0.4, 0.5) is 4.79 Å². The Balaban J connectivity index is 1.90. The van der Waals surface area contributed by atoms with Crippen LogP contribution in [0, 0.1) is 0 Å². The average molecular weight is 378 g/mol. The van der Waals surface area contributed by atoms with Crippen LogP contribution in [0.2, 0.25) is 0 Å². The average Bonchev–Trinajstić information content (AvgIpc) is 3.14. The maximum Gasteiger partial charge on any atom is 0.339 e. The lowest BCUT2D eigenvalue weighted by Crippen LogP contribution is -2.47. The molecule has 27 heavy (non-hydrogen) atoms. The minimum Gasteiger partial charge on any atom is -0.493 e. The third kappa shape index (κ3) is 5.87. The topological polar surface area (TPSA) is 103 Å². The van der Waals surface area contributed by atoms with Crippen molar-refractivity contribution in [3.63, 3.8) is 0 Å². The highest BCUT2D eigenvalue weighted by atomic mass is 16.5. The van der Waals surface area contributed by atoms with Crippen molar-refractivity contribution in [2.24, 2.45) is 0 Å². The second-order valence-electron chi connectivity index (χ2n) is 6.29. The molecule has 0 radical (unpaired) electrons. The van der Waals surface area contributed by atoms with Crippen LogP contribution in [-0.2, 0) is 9.53 Å². The van der Waals surface area contributed by atoms with Gasteiger partial charge in [0.25, 0.3) is 5.91 Å². The van der Waals surface area contributed by atoms with Gasteiger partial charge in [0.15, 0.2) is 17.6 Å². The molecule has 2 N–H and O–H groups in total. The highest BCUT2D eigenvalue weighted by molar-refractivity contribution is 5.98. The van der Waals surface area contributed by atoms with Crippen LogP contribution in [0.15, 0.2) is 18.2 Å². The number of imide groups is 1. The van der Waals surface area contributed by atoms with Gasteiger partial charge < -0.3 is 19.5 Å². The summed E-state index contributed by atoms with van der Waals surface area (Å²) in [5.74, 6) is -0.486. The lowest BCUT2D eigenvalue weighted by molar-refractivity contribution is -0.127. The SMILES string of the molecule is CCOc1cc(C(=O)O[C@H](C)C(=O)NC(=O)NC2CCCC2)ccc1OC. The molecule has 0 aliphatic heterocycles. The first-order valence-corrected chi connectivity index (χ1v) is 9.07. The molecule has 0 saturated heterocycles. The van der Waals surface area contributed by atoms with Gasteiger partial charge in [0, 0.05) is 6.04 Å². The van der Waals surface area contributed by atoms with Crippen LogP contribution in [-0.4, -0.2) is 43.8 Å². The molecule has 2 rings (SSSR count). The standard InChI is InChI=1S/C19H26N2O6/c1-4-26-16-11-13(9-10-15(16)25-3)18(23)27-12(2)17(22)21-19(24)20-14-7-5-6-8-14/h9-12,14H,4-8H2,1-3H3,(H2,20,21,22,24)/t12-/m1/s1. The number of methoxy groups -OCH3 is 1. The largest absolute Gasteiger partial charge is 0.493 e. The summed E-state index contributed by atoms with van der Waals surface area (Å²) in [5, 5.41) is 4.94. The van der Waals surface area contributed by atoms with E-state index in [9.17, 15) is 14.4 Å². The summed E-state index contributed by atoms with van der Waals surface area (Å²) in [6.07, 6.45) is 2.83. The molecule has 1 aromatic carbocycles. The summed E-state index contributed by atoms with van der Waals surface area (Å²) < 4.78 is 15.7. The first kappa shape index (κ1) is 20.5. The van der Waals surface area contributed by atoms with Gasteiger partial charge in [0.05, 0.1) is 19.3 Å². The molecule has 1 atom stereocenters. The van der Waals surface area contributed by atoms with Crippen LogP contribution >= 0.6 is 0 Å². The first-order valence-electron chi connectivity index (χ1n) is 9.07. The summed E-state index contributed by atoms with van der Waals surface area (Å²) in [6, 6.07) is 4.11. The zero-order valence-electron chi connectivity index (χ0n) is 15.9. The van der Waals surface area contributed by atoms with Gasteiger partial charge in [0.1, 0.15) is 0 Å². The van der Waals surface area contributed by atoms with Crippen LogP contribution in [0.3, 0.4) is 0 Å². The normalized spacial score (nSPS) is 14.9. The highest BCUT2D eigenvalue weighted by Gasteiger charge is 2.23. The van der Waals surface area contributed by atoms with Crippen molar-refractivity contribution in [3.8, 4) is 11.5 Å². The Morgan fingerprint density at radius 3 is 2.52 bits per heavy atom. The molecule has 0 heterocycles. The quantitative estimate of drug-likeness (QED) is 0.706. The maximum absolute atomic E-state index is 12.3. The van der Waals surface area contributed by atoms with Crippen molar-refractivity contribution in [2.45, 2.75) is 51.7 Å². The molecule has 1 saturated carbocycles. The Bertz CT molecular complexity index is 685. The van der Waals surface area contributed by atoms with Gasteiger partial charge in [-0.1, -0.05) is 12.8 Å². The number of benzene rings is 1. The summed E-state index contributed by atoms with van der Waals surface area (Å²) in [5.41, 5.74) is 0.217. The first-order chi connectivity index (χ1) is 12.9. The fourth-order valence-corrected chi connectivity index (χ4v) is 2.86. The lowest BCUT2D eigenvalue weighted by Gasteiger charge is -2.16. The van der Waals surface area contributed by atoms with E-state index in [1.54, 1.807) is 6.07 Å². The second-order valence-corrected chi connectivity index (χ2v) is 6.29. The number of carbonyl (C=O) groups is 3. The van der Waals surface area contributed by atoms with E-state index in [0.717, 1.165) is 25.7 Å². The molecule has 148 valence electrons. The zero-order valence-corrected chi connectivity index (χ0v) is 15.9. The number of carbonyl (C=O) groups excluding carboxylic acids is 3. The molecule has 1 fully saturated rings. The molecule has 1 aliphatic rings. The van der Waals surface area contributed by atoms with E-state index >= 15 is 0 Å². The molecule has 0 spiro atoms. The molecular formula is C19H26N2O6. The number of esters is 1. The maximum atomic E-state index is 12.3. The number of hydrogen-bond acceptors (Lipinski definition) is 6. The summed E-state index contributed by atoms with van der Waals surface area (Å²) in [4.78, 5) is 36.2. The molecule has 0 unspecified atom stereocenters. The van der Waals surface area contributed by atoms with E-state index in [1.807, 2.05) is 6.92 Å². The third-order valence-electron chi connectivity index (χ3n) is 4.28. The zero-order chi connectivity index (χ0) is 19.8. The van der Waals surface area contributed by atoms with Crippen molar-refractivity contribution < 1.29 is 28.6 Å². The lowest BCUT2D eigenvalue weighted by atomic mass is 10.2. The molecule has 8 nitrogen and oxygen atoms in total. The molecule has 0 aromatic heterocycles. The van der Waals surface area contributed by atoms with Gasteiger partial charge in [-0.25, -0.2) is 9.59 Å². The second kappa shape index (κ2) is 9.80. The smallest absolute Gasteiger partial charge is 0.339 e. The van der Waals surface area contributed by atoms with Crippen LogP contribution in [0.25, 0.3) is 0 Å². The minimum atomic E-state index is -1.12. The predicted octanol–water partition coefficient (Wildman–Crippen LogP) is 2.41. The molecule has 1 aromatic rings. The minimum absolute atomic E-state index is 0.0898. The van der Waals surface area contributed by atoms with Gasteiger partial charge >= 0.3 is 12.0 Å². The number of nitrogens with one attached hydrogen (secondary N) is 2. The number of ether oxygens (including phenoxy) is 3. The van der Waals surface area contributed by atoms with Crippen LogP contribution in [0.1, 0.15) is 49.9 Å². The monoisotopic (exact) mass is 378 g/mol. The van der Waals surface area contributed by atoms with E-state index in [0.29, 0.717) is 18.1 Å². The summed E-state index contributed by atoms with van der Waals surface area (Å²) in [6.45, 7) is 3.63. The van der Waals surface area contributed by atoms with Crippen LogP contribution in [0.5, 0.6) is 11.5 Å². The Morgan fingerprint density at radius 1 is 1.19 bits per heavy atom.